The van der Waals surface area contributed by atoms with Crippen LogP contribution in [-0.2, 0) is 4.74 Å². The van der Waals surface area contributed by atoms with Gasteiger partial charge in [-0.1, -0.05) is 0 Å². The van der Waals surface area contributed by atoms with Gasteiger partial charge in [-0.15, -0.1) is 0 Å². The molecule has 0 saturated carbocycles. The summed E-state index contributed by atoms with van der Waals surface area (Å²) in [6, 6.07) is 7.58. The van der Waals surface area contributed by atoms with Crippen LogP contribution < -0.4 is 5.32 Å². The summed E-state index contributed by atoms with van der Waals surface area (Å²) >= 11 is 2.23. The van der Waals surface area contributed by atoms with Crippen LogP contribution in [0.1, 0.15) is 30.1 Å². The van der Waals surface area contributed by atoms with E-state index in [4.69, 9.17) is 4.74 Å². The number of hydrogen-bond donors (Lipinski definition) is 1. The maximum atomic E-state index is 12.1. The number of rotatable bonds is 2. The van der Waals surface area contributed by atoms with Gasteiger partial charge in [-0.05, 0) is 66.6 Å². The molecule has 1 aromatic carbocycles. The highest BCUT2D eigenvalue weighted by atomic mass is 127. The Hall–Kier alpha value is -0.620. The van der Waals surface area contributed by atoms with E-state index in [0.29, 0.717) is 12.2 Å². The predicted octanol–water partition coefficient (Wildman–Crippen LogP) is 2.59. The molecule has 1 N–H and O–H groups in total. The molecule has 92 valence electrons. The van der Waals surface area contributed by atoms with E-state index in [2.05, 4.69) is 27.9 Å². The molecule has 3 nitrogen and oxygen atoms in total. The highest BCUT2D eigenvalue weighted by molar-refractivity contribution is 14.1. The van der Waals surface area contributed by atoms with Crippen LogP contribution in [0.15, 0.2) is 24.3 Å². The molecule has 0 radical (unpaired) electrons. The van der Waals surface area contributed by atoms with Gasteiger partial charge in [0, 0.05) is 15.7 Å². The topological polar surface area (TPSA) is 38.3 Å². The molecule has 0 spiro atoms. The number of ether oxygens (including phenoxy) is 1. The van der Waals surface area contributed by atoms with Crippen molar-refractivity contribution in [2.75, 3.05) is 13.2 Å². The maximum absolute atomic E-state index is 12.1. The second kappa shape index (κ2) is 5.35. The lowest BCUT2D eigenvalue weighted by Gasteiger charge is -2.34. The molecule has 0 aromatic heterocycles. The van der Waals surface area contributed by atoms with Crippen LogP contribution in [0.5, 0.6) is 0 Å². The van der Waals surface area contributed by atoms with Crippen LogP contribution in [0.25, 0.3) is 0 Å². The Balaban J connectivity index is 2.03. The Morgan fingerprint density at radius 3 is 2.71 bits per heavy atom. The van der Waals surface area contributed by atoms with Crippen molar-refractivity contribution < 1.29 is 9.53 Å². The van der Waals surface area contributed by atoms with E-state index < -0.39 is 0 Å². The van der Waals surface area contributed by atoms with Gasteiger partial charge in [0.25, 0.3) is 5.91 Å². The van der Waals surface area contributed by atoms with E-state index in [0.717, 1.165) is 23.0 Å². The minimum Gasteiger partial charge on any atom is -0.379 e. The predicted molar refractivity (Wildman–Crippen MR) is 75.1 cm³/mol. The normalized spacial score (nSPS) is 24.4. The molecule has 1 fully saturated rings. The largest absolute Gasteiger partial charge is 0.379 e. The smallest absolute Gasteiger partial charge is 0.251 e. The molecule has 1 saturated heterocycles. The second-order valence-electron chi connectivity index (χ2n) is 4.68. The minimum atomic E-state index is -0.224. The van der Waals surface area contributed by atoms with Crippen molar-refractivity contribution in [1.29, 1.82) is 0 Å². The summed E-state index contributed by atoms with van der Waals surface area (Å²) in [5, 5.41) is 3.06. The molecular weight excluding hydrogens is 329 g/mol. The summed E-state index contributed by atoms with van der Waals surface area (Å²) < 4.78 is 6.56. The number of carbonyl (C=O) groups excluding carboxylic acids is 1. The van der Waals surface area contributed by atoms with Gasteiger partial charge in [-0.25, -0.2) is 0 Å². The molecule has 0 bridgehead atoms. The molecule has 0 aliphatic carbocycles. The zero-order chi connectivity index (χ0) is 12.3. The summed E-state index contributed by atoms with van der Waals surface area (Å²) in [5.74, 6) is -0.0191. The van der Waals surface area contributed by atoms with Crippen molar-refractivity contribution in [3.05, 3.63) is 33.4 Å². The monoisotopic (exact) mass is 345 g/mol. The van der Waals surface area contributed by atoms with E-state index in [1.807, 2.05) is 31.2 Å². The average molecular weight is 345 g/mol. The number of benzene rings is 1. The first-order valence-corrected chi connectivity index (χ1v) is 6.83. The SMILES string of the molecule is CC1(NC(=O)c2ccc(I)cc2)CCCOC1. The molecule has 1 amide bonds. The summed E-state index contributed by atoms with van der Waals surface area (Å²) in [6.07, 6.45) is 1.98. The van der Waals surface area contributed by atoms with Gasteiger partial charge in [-0.2, -0.15) is 0 Å². The van der Waals surface area contributed by atoms with Gasteiger partial charge < -0.3 is 10.1 Å². The zero-order valence-corrected chi connectivity index (χ0v) is 12.0. The Kier molecular flexibility index (Phi) is 4.04. The third-order valence-electron chi connectivity index (χ3n) is 2.96. The molecule has 1 heterocycles. The van der Waals surface area contributed by atoms with Gasteiger partial charge in [-0.3, -0.25) is 4.79 Å². The van der Waals surface area contributed by atoms with Gasteiger partial charge >= 0.3 is 0 Å². The highest BCUT2D eigenvalue weighted by Gasteiger charge is 2.29. The lowest BCUT2D eigenvalue weighted by molar-refractivity contribution is 0.0272. The first-order chi connectivity index (χ1) is 8.09. The lowest BCUT2D eigenvalue weighted by Crippen LogP contribution is -2.51. The number of nitrogens with one attached hydrogen (secondary N) is 1. The minimum absolute atomic E-state index is 0.0191. The molecule has 1 unspecified atom stereocenters. The second-order valence-corrected chi connectivity index (χ2v) is 5.92. The van der Waals surface area contributed by atoms with Crippen molar-refractivity contribution in [3.8, 4) is 0 Å². The summed E-state index contributed by atoms with van der Waals surface area (Å²) in [7, 11) is 0. The van der Waals surface area contributed by atoms with Crippen LogP contribution in [0.4, 0.5) is 0 Å². The van der Waals surface area contributed by atoms with Crippen molar-refractivity contribution in [2.45, 2.75) is 25.3 Å². The van der Waals surface area contributed by atoms with Gasteiger partial charge in [0.1, 0.15) is 0 Å². The summed E-state index contributed by atoms with van der Waals surface area (Å²) in [4.78, 5) is 12.1. The number of hydrogen-bond acceptors (Lipinski definition) is 2. The molecule has 1 aliphatic heterocycles. The fourth-order valence-electron chi connectivity index (χ4n) is 1.98. The van der Waals surface area contributed by atoms with E-state index in [-0.39, 0.29) is 11.4 Å². The first kappa shape index (κ1) is 12.8. The molecule has 1 atom stereocenters. The Morgan fingerprint density at radius 2 is 2.12 bits per heavy atom. The van der Waals surface area contributed by atoms with E-state index in [1.165, 1.54) is 0 Å². The first-order valence-electron chi connectivity index (χ1n) is 5.75. The van der Waals surface area contributed by atoms with Crippen LogP contribution in [0.2, 0.25) is 0 Å². The molecule has 17 heavy (non-hydrogen) atoms. The van der Waals surface area contributed by atoms with E-state index in [9.17, 15) is 4.79 Å². The van der Waals surface area contributed by atoms with Crippen molar-refractivity contribution in [3.63, 3.8) is 0 Å². The summed E-state index contributed by atoms with van der Waals surface area (Å²) in [5.41, 5.74) is 0.482. The van der Waals surface area contributed by atoms with Crippen LogP contribution in [0, 0.1) is 3.57 Å². The van der Waals surface area contributed by atoms with Crippen LogP contribution in [0.3, 0.4) is 0 Å². The standard InChI is InChI=1S/C13H16INO2/c1-13(7-2-8-17-9-13)15-12(16)10-3-5-11(14)6-4-10/h3-6H,2,7-9H2,1H3,(H,15,16). The number of carbonyl (C=O) groups is 1. The summed E-state index contributed by atoms with van der Waals surface area (Å²) in [6.45, 7) is 3.44. The van der Waals surface area contributed by atoms with E-state index in [1.54, 1.807) is 0 Å². The molecule has 1 aromatic rings. The fourth-order valence-corrected chi connectivity index (χ4v) is 2.34. The number of halogens is 1. The van der Waals surface area contributed by atoms with Gasteiger partial charge in [0.2, 0.25) is 0 Å². The van der Waals surface area contributed by atoms with Crippen LogP contribution >= 0.6 is 22.6 Å². The van der Waals surface area contributed by atoms with Gasteiger partial charge in [0.05, 0.1) is 12.1 Å². The average Bonchev–Trinajstić information content (AvgIpc) is 2.30. The third-order valence-corrected chi connectivity index (χ3v) is 3.68. The molecule has 2 rings (SSSR count). The molecular formula is C13H16INO2. The molecule has 1 aliphatic rings. The van der Waals surface area contributed by atoms with E-state index >= 15 is 0 Å². The van der Waals surface area contributed by atoms with Crippen molar-refractivity contribution >= 4 is 28.5 Å². The van der Waals surface area contributed by atoms with Crippen molar-refractivity contribution in [1.82, 2.24) is 5.32 Å². The Labute approximate surface area is 115 Å². The van der Waals surface area contributed by atoms with Crippen molar-refractivity contribution in [2.24, 2.45) is 0 Å². The van der Waals surface area contributed by atoms with Crippen LogP contribution in [-0.4, -0.2) is 24.7 Å². The molecule has 4 heteroatoms. The van der Waals surface area contributed by atoms with Gasteiger partial charge in [0.15, 0.2) is 0 Å². The third kappa shape index (κ3) is 3.42. The Morgan fingerprint density at radius 1 is 1.41 bits per heavy atom. The maximum Gasteiger partial charge on any atom is 0.251 e. The fraction of sp³-hybridized carbons (Fsp3) is 0.462. The highest BCUT2D eigenvalue weighted by Crippen LogP contribution is 2.19. The lowest BCUT2D eigenvalue weighted by atomic mass is 9.94. The zero-order valence-electron chi connectivity index (χ0n) is 9.83. The Bertz CT molecular complexity index is 396. The quantitative estimate of drug-likeness (QED) is 0.837. The number of amides is 1.